The third-order valence-electron chi connectivity index (χ3n) is 4.39. The number of hydrogen-bond acceptors (Lipinski definition) is 5. The third-order valence-corrected chi connectivity index (χ3v) is 5.30. The Morgan fingerprint density at radius 3 is 2.75 bits per heavy atom. The van der Waals surface area contributed by atoms with E-state index in [4.69, 9.17) is 17.3 Å². The van der Waals surface area contributed by atoms with Crippen molar-refractivity contribution in [2.45, 2.75) is 6.54 Å². The zero-order valence-corrected chi connectivity index (χ0v) is 16.9. The van der Waals surface area contributed by atoms with E-state index < -0.39 is 0 Å². The van der Waals surface area contributed by atoms with E-state index in [1.807, 2.05) is 30.3 Å². The number of nitrogen functional groups attached to an aromatic ring is 1. The SMILES string of the molecule is N#Cc1c(-c2ccccc2Cl)c(N)c2c(Br)cnn2c1NCc1cccnc1. The first-order chi connectivity index (χ1) is 13.6. The summed E-state index contributed by atoms with van der Waals surface area (Å²) in [7, 11) is 0. The van der Waals surface area contributed by atoms with Gasteiger partial charge in [0.1, 0.15) is 23.0 Å². The van der Waals surface area contributed by atoms with Gasteiger partial charge in [0.15, 0.2) is 0 Å². The second-order valence-corrected chi connectivity index (χ2v) is 7.33. The number of nitrogens with two attached hydrogens (primary N) is 1. The van der Waals surface area contributed by atoms with Crippen molar-refractivity contribution >= 4 is 44.6 Å². The molecule has 0 spiro atoms. The molecular formula is C20H14BrClN6. The summed E-state index contributed by atoms with van der Waals surface area (Å²) in [5.41, 5.74) is 10.2. The van der Waals surface area contributed by atoms with Gasteiger partial charge in [-0.15, -0.1) is 0 Å². The number of anilines is 2. The van der Waals surface area contributed by atoms with Crippen LogP contribution in [0, 0.1) is 11.3 Å². The molecule has 6 nitrogen and oxygen atoms in total. The number of pyridine rings is 2. The number of fused-ring (bicyclic) bond motifs is 1. The number of rotatable bonds is 4. The molecule has 4 rings (SSSR count). The van der Waals surface area contributed by atoms with Crippen molar-refractivity contribution in [3.05, 3.63) is 75.6 Å². The van der Waals surface area contributed by atoms with Gasteiger partial charge in [-0.25, -0.2) is 4.52 Å². The topological polar surface area (TPSA) is 92.0 Å². The maximum atomic E-state index is 9.99. The second-order valence-electron chi connectivity index (χ2n) is 6.07. The molecule has 4 aromatic rings. The summed E-state index contributed by atoms with van der Waals surface area (Å²) in [6.07, 6.45) is 5.13. The molecule has 3 aromatic heterocycles. The van der Waals surface area contributed by atoms with E-state index in [9.17, 15) is 5.26 Å². The van der Waals surface area contributed by atoms with Crippen molar-refractivity contribution in [3.63, 3.8) is 0 Å². The van der Waals surface area contributed by atoms with Crippen LogP contribution in [-0.2, 0) is 6.54 Å². The minimum Gasteiger partial charge on any atom is -0.396 e. The molecule has 0 aliphatic carbocycles. The second kappa shape index (κ2) is 7.50. The van der Waals surface area contributed by atoms with Crippen LogP contribution in [0.1, 0.15) is 11.1 Å². The molecule has 0 amide bonds. The Balaban J connectivity index is 1.97. The highest BCUT2D eigenvalue weighted by Crippen LogP contribution is 2.42. The van der Waals surface area contributed by atoms with Gasteiger partial charge in [-0.1, -0.05) is 35.9 Å². The molecular weight excluding hydrogens is 440 g/mol. The number of nitrogens with zero attached hydrogens (tertiary/aromatic N) is 4. The van der Waals surface area contributed by atoms with Crippen molar-refractivity contribution in [2.24, 2.45) is 0 Å². The molecule has 3 N–H and O–H groups in total. The summed E-state index contributed by atoms with van der Waals surface area (Å²) < 4.78 is 2.36. The molecule has 1 aromatic carbocycles. The van der Waals surface area contributed by atoms with Crippen LogP contribution in [0.4, 0.5) is 11.5 Å². The van der Waals surface area contributed by atoms with E-state index in [1.54, 1.807) is 29.2 Å². The van der Waals surface area contributed by atoms with Crippen molar-refractivity contribution in [3.8, 4) is 17.2 Å². The maximum Gasteiger partial charge on any atom is 0.147 e. The van der Waals surface area contributed by atoms with E-state index in [1.165, 1.54) is 0 Å². The van der Waals surface area contributed by atoms with E-state index in [0.717, 1.165) is 10.0 Å². The predicted molar refractivity (Wildman–Crippen MR) is 114 cm³/mol. The van der Waals surface area contributed by atoms with Crippen LogP contribution >= 0.6 is 27.5 Å². The van der Waals surface area contributed by atoms with Gasteiger partial charge in [-0.2, -0.15) is 10.4 Å². The number of hydrogen-bond donors (Lipinski definition) is 2. The van der Waals surface area contributed by atoms with Crippen molar-refractivity contribution in [1.29, 1.82) is 5.26 Å². The van der Waals surface area contributed by atoms with Crippen LogP contribution in [0.15, 0.2) is 59.5 Å². The molecule has 0 bridgehead atoms. The van der Waals surface area contributed by atoms with Crippen molar-refractivity contribution in [2.75, 3.05) is 11.1 Å². The Labute approximate surface area is 174 Å². The highest BCUT2D eigenvalue weighted by molar-refractivity contribution is 9.10. The van der Waals surface area contributed by atoms with Crippen LogP contribution in [0.5, 0.6) is 0 Å². The fraction of sp³-hybridized carbons (Fsp3) is 0.0500. The van der Waals surface area contributed by atoms with Gasteiger partial charge in [0.2, 0.25) is 0 Å². The van der Waals surface area contributed by atoms with E-state index >= 15 is 0 Å². The lowest BCUT2D eigenvalue weighted by Gasteiger charge is -2.18. The average molecular weight is 454 g/mol. The van der Waals surface area contributed by atoms with Crippen molar-refractivity contribution < 1.29 is 0 Å². The number of benzene rings is 1. The lowest BCUT2D eigenvalue weighted by molar-refractivity contribution is 0.940. The standard InChI is InChI=1S/C20H14BrClN6/c21-15-11-27-28-19(15)18(24)17(13-5-1-2-6-16(13)22)14(8-23)20(28)26-10-12-4-3-7-25-9-12/h1-7,9,11,26H,10,24H2. The van der Waals surface area contributed by atoms with Gasteiger partial charge < -0.3 is 11.1 Å². The summed E-state index contributed by atoms with van der Waals surface area (Å²) in [6.45, 7) is 0.473. The minimum absolute atomic E-state index is 0.373. The first-order valence-corrected chi connectivity index (χ1v) is 9.55. The average Bonchev–Trinajstić information content (AvgIpc) is 3.10. The maximum absolute atomic E-state index is 9.99. The molecule has 3 heterocycles. The smallest absolute Gasteiger partial charge is 0.147 e. The molecule has 138 valence electrons. The fourth-order valence-electron chi connectivity index (χ4n) is 3.12. The van der Waals surface area contributed by atoms with Gasteiger partial charge in [0, 0.05) is 35.1 Å². The lowest BCUT2D eigenvalue weighted by Crippen LogP contribution is -2.11. The Morgan fingerprint density at radius 1 is 1.21 bits per heavy atom. The first kappa shape index (κ1) is 18.3. The molecule has 0 saturated heterocycles. The van der Waals surface area contributed by atoms with Crippen LogP contribution in [0.3, 0.4) is 0 Å². The van der Waals surface area contributed by atoms with Crippen LogP contribution in [0.2, 0.25) is 5.02 Å². The quantitative estimate of drug-likeness (QED) is 0.459. The number of aromatic nitrogens is 3. The summed E-state index contributed by atoms with van der Waals surface area (Å²) in [4.78, 5) is 4.12. The largest absolute Gasteiger partial charge is 0.396 e. The Morgan fingerprint density at radius 2 is 2.04 bits per heavy atom. The highest BCUT2D eigenvalue weighted by atomic mass is 79.9. The number of nitrogens with one attached hydrogen (secondary N) is 1. The predicted octanol–water partition coefficient (Wildman–Crippen LogP) is 4.88. The fourth-order valence-corrected chi connectivity index (χ4v) is 3.83. The van der Waals surface area contributed by atoms with E-state index in [0.29, 0.717) is 45.3 Å². The molecule has 0 radical (unpaired) electrons. The molecule has 8 heteroatoms. The van der Waals surface area contributed by atoms with Crippen LogP contribution in [-0.4, -0.2) is 14.6 Å². The molecule has 28 heavy (non-hydrogen) atoms. The minimum atomic E-state index is 0.373. The molecule has 0 aliphatic heterocycles. The first-order valence-electron chi connectivity index (χ1n) is 8.38. The van der Waals surface area contributed by atoms with Crippen LogP contribution < -0.4 is 11.1 Å². The molecule has 0 atom stereocenters. The number of halogens is 2. The highest BCUT2D eigenvalue weighted by Gasteiger charge is 2.23. The summed E-state index contributed by atoms with van der Waals surface area (Å²) in [6, 6.07) is 13.4. The van der Waals surface area contributed by atoms with Gasteiger partial charge in [-0.3, -0.25) is 4.98 Å². The zero-order valence-electron chi connectivity index (χ0n) is 14.5. The van der Waals surface area contributed by atoms with Gasteiger partial charge in [-0.05, 0) is 33.6 Å². The summed E-state index contributed by atoms with van der Waals surface area (Å²) in [5, 5.41) is 18.2. The van der Waals surface area contributed by atoms with E-state index in [-0.39, 0.29) is 0 Å². The van der Waals surface area contributed by atoms with Gasteiger partial charge in [0.25, 0.3) is 0 Å². The third kappa shape index (κ3) is 3.07. The lowest BCUT2D eigenvalue weighted by atomic mass is 9.98. The Hall–Kier alpha value is -3.08. The molecule has 0 unspecified atom stereocenters. The van der Waals surface area contributed by atoms with Gasteiger partial charge >= 0.3 is 0 Å². The zero-order chi connectivity index (χ0) is 19.7. The monoisotopic (exact) mass is 452 g/mol. The molecule has 0 fully saturated rings. The van der Waals surface area contributed by atoms with Crippen LogP contribution in [0.25, 0.3) is 16.6 Å². The van der Waals surface area contributed by atoms with Crippen molar-refractivity contribution in [1.82, 2.24) is 14.6 Å². The Kier molecular flexibility index (Phi) is 4.90. The molecule has 0 aliphatic rings. The molecule has 0 saturated carbocycles. The summed E-state index contributed by atoms with van der Waals surface area (Å²) >= 11 is 9.92. The Bertz CT molecular complexity index is 1210. The summed E-state index contributed by atoms with van der Waals surface area (Å²) in [5.74, 6) is 0.538. The number of nitriles is 1. The van der Waals surface area contributed by atoms with Gasteiger partial charge in [0.05, 0.1) is 16.4 Å². The van der Waals surface area contributed by atoms with E-state index in [2.05, 4.69) is 37.4 Å². The normalized spacial score (nSPS) is 10.8.